The smallest absolute Gasteiger partial charge is 0.329 e. The molecule has 118 valence electrons. The normalized spacial score (nSPS) is 12.3. The Bertz CT molecular complexity index is 505. The molecule has 21 heavy (non-hydrogen) atoms. The zero-order valence-corrected chi connectivity index (χ0v) is 12.6. The van der Waals surface area contributed by atoms with Gasteiger partial charge in [0.1, 0.15) is 0 Å². The lowest BCUT2D eigenvalue weighted by Gasteiger charge is -2.28. The van der Waals surface area contributed by atoms with Crippen molar-refractivity contribution in [1.82, 2.24) is 0 Å². The maximum Gasteiger partial charge on any atom is 0.416 e. The van der Waals surface area contributed by atoms with Crippen molar-refractivity contribution in [2.45, 2.75) is 32.9 Å². The Morgan fingerprint density at radius 3 is 2.29 bits per heavy atom. The molecule has 0 unspecified atom stereocenters. The molecule has 0 aliphatic carbocycles. The van der Waals surface area contributed by atoms with Crippen molar-refractivity contribution in [2.75, 3.05) is 11.9 Å². The number of benzene rings is 1. The van der Waals surface area contributed by atoms with Crippen LogP contribution in [0, 0.1) is 5.41 Å². The largest absolute Gasteiger partial charge is 0.416 e. The van der Waals surface area contributed by atoms with Crippen LogP contribution in [0.3, 0.4) is 0 Å². The van der Waals surface area contributed by atoms with E-state index in [1.54, 1.807) is 0 Å². The molecule has 3 nitrogen and oxygen atoms in total. The average Bonchev–Trinajstić information content (AvgIpc) is 2.42. The fourth-order valence-corrected chi connectivity index (χ4v) is 2.17. The van der Waals surface area contributed by atoms with Crippen LogP contribution in [0.15, 0.2) is 18.2 Å². The molecule has 1 amide bonds. The highest BCUT2D eigenvalue weighted by atomic mass is 35.5. The second kappa shape index (κ2) is 6.66. The topological polar surface area (TPSA) is 55.1 Å². The third-order valence-corrected chi connectivity index (χ3v) is 4.10. The summed E-state index contributed by atoms with van der Waals surface area (Å²) in [6, 6.07) is 2.81. The first-order chi connectivity index (χ1) is 9.70. The predicted octanol–water partition coefficient (Wildman–Crippen LogP) is 4.06. The number of hydrogen-bond donors (Lipinski definition) is 2. The first-order valence-electron chi connectivity index (χ1n) is 6.58. The van der Waals surface area contributed by atoms with E-state index in [2.05, 4.69) is 5.32 Å². The maximum absolute atomic E-state index is 12.7. The number of carbonyl (C=O) groups excluding carboxylic acids is 1. The average molecular weight is 323 g/mol. The van der Waals surface area contributed by atoms with E-state index in [9.17, 15) is 18.0 Å². The van der Waals surface area contributed by atoms with E-state index in [1.807, 2.05) is 13.8 Å². The number of hydrogen-bond acceptors (Lipinski definition) is 2. The van der Waals surface area contributed by atoms with E-state index in [-0.39, 0.29) is 17.3 Å². The molecule has 0 saturated heterocycles. The van der Waals surface area contributed by atoms with Crippen molar-refractivity contribution < 1.29 is 18.0 Å². The summed E-state index contributed by atoms with van der Waals surface area (Å²) in [6.07, 6.45) is -3.52. The molecular formula is C14H18ClF3N2O. The van der Waals surface area contributed by atoms with Crippen LogP contribution < -0.4 is 11.1 Å². The van der Waals surface area contributed by atoms with Crippen molar-refractivity contribution in [1.29, 1.82) is 0 Å². The van der Waals surface area contributed by atoms with Crippen LogP contribution >= 0.6 is 11.6 Å². The number of halogens is 4. The minimum absolute atomic E-state index is 0.0504. The fourth-order valence-electron chi connectivity index (χ4n) is 2.00. The summed E-state index contributed by atoms with van der Waals surface area (Å²) in [5, 5.41) is 2.52. The lowest BCUT2D eigenvalue weighted by molar-refractivity contribution is -0.137. The van der Waals surface area contributed by atoms with Gasteiger partial charge >= 0.3 is 6.18 Å². The van der Waals surface area contributed by atoms with Gasteiger partial charge in [0, 0.05) is 6.54 Å². The molecule has 0 aliphatic heterocycles. The Morgan fingerprint density at radius 1 is 1.29 bits per heavy atom. The van der Waals surface area contributed by atoms with E-state index in [4.69, 9.17) is 17.3 Å². The minimum atomic E-state index is -4.50. The molecule has 1 rings (SSSR count). The van der Waals surface area contributed by atoms with Crippen molar-refractivity contribution in [2.24, 2.45) is 11.1 Å². The molecule has 0 heterocycles. The summed E-state index contributed by atoms with van der Waals surface area (Å²) in [5.74, 6) is -0.420. The standard InChI is InChI=1S/C14H18ClF3N2O/c1-3-13(4-2,8-19)12(21)20-11-7-9(14(16,17)18)5-6-10(11)15/h5-7H,3-4,8,19H2,1-2H3,(H,20,21). The number of amides is 1. The van der Waals surface area contributed by atoms with Gasteiger partial charge in [-0.25, -0.2) is 0 Å². The fraction of sp³-hybridized carbons (Fsp3) is 0.500. The van der Waals surface area contributed by atoms with Crippen LogP contribution in [-0.2, 0) is 11.0 Å². The van der Waals surface area contributed by atoms with Gasteiger partial charge in [-0.2, -0.15) is 13.2 Å². The van der Waals surface area contributed by atoms with E-state index in [1.165, 1.54) is 0 Å². The van der Waals surface area contributed by atoms with Crippen molar-refractivity contribution >= 4 is 23.2 Å². The summed E-state index contributed by atoms with van der Waals surface area (Å²) in [7, 11) is 0. The molecule has 0 fully saturated rings. The highest BCUT2D eigenvalue weighted by molar-refractivity contribution is 6.33. The van der Waals surface area contributed by atoms with Gasteiger partial charge < -0.3 is 11.1 Å². The molecule has 0 spiro atoms. The van der Waals surface area contributed by atoms with Crippen molar-refractivity contribution in [3.05, 3.63) is 28.8 Å². The van der Waals surface area contributed by atoms with Crippen molar-refractivity contribution in [3.63, 3.8) is 0 Å². The number of nitrogens with one attached hydrogen (secondary N) is 1. The molecule has 7 heteroatoms. The Morgan fingerprint density at radius 2 is 1.86 bits per heavy atom. The summed E-state index contributed by atoms with van der Waals surface area (Å²) < 4.78 is 38.1. The van der Waals surface area contributed by atoms with Gasteiger partial charge in [-0.3, -0.25) is 4.79 Å². The molecule has 1 aromatic rings. The number of carbonyl (C=O) groups is 1. The van der Waals surface area contributed by atoms with Gasteiger partial charge in [-0.05, 0) is 31.0 Å². The summed E-state index contributed by atoms with van der Waals surface area (Å²) in [6.45, 7) is 3.73. The molecule has 0 aromatic heterocycles. The zero-order valence-electron chi connectivity index (χ0n) is 11.9. The van der Waals surface area contributed by atoms with Crippen LogP contribution in [0.25, 0.3) is 0 Å². The highest BCUT2D eigenvalue weighted by Crippen LogP contribution is 2.35. The predicted molar refractivity (Wildman–Crippen MR) is 77.2 cm³/mol. The first kappa shape index (κ1) is 17.8. The molecule has 3 N–H and O–H groups in total. The Kier molecular flexibility index (Phi) is 5.64. The maximum atomic E-state index is 12.7. The molecule has 0 saturated carbocycles. The van der Waals surface area contributed by atoms with Crippen LogP contribution in [0.2, 0.25) is 5.02 Å². The number of rotatable bonds is 5. The van der Waals surface area contributed by atoms with Crippen LogP contribution in [0.5, 0.6) is 0 Å². The molecular weight excluding hydrogens is 305 g/mol. The Balaban J connectivity index is 3.10. The van der Waals surface area contributed by atoms with Crippen LogP contribution in [0.1, 0.15) is 32.3 Å². The van der Waals surface area contributed by atoms with Crippen LogP contribution in [0.4, 0.5) is 18.9 Å². The van der Waals surface area contributed by atoms with Gasteiger partial charge in [0.05, 0.1) is 21.7 Å². The summed E-state index contributed by atoms with van der Waals surface area (Å²) in [4.78, 5) is 12.3. The van der Waals surface area contributed by atoms with Gasteiger partial charge in [-0.1, -0.05) is 25.4 Å². The minimum Gasteiger partial charge on any atom is -0.329 e. The van der Waals surface area contributed by atoms with Gasteiger partial charge in [-0.15, -0.1) is 0 Å². The summed E-state index contributed by atoms with van der Waals surface area (Å²) >= 11 is 5.86. The molecule has 0 aliphatic rings. The van der Waals surface area contributed by atoms with Crippen molar-refractivity contribution in [3.8, 4) is 0 Å². The lowest BCUT2D eigenvalue weighted by Crippen LogP contribution is -2.41. The quantitative estimate of drug-likeness (QED) is 0.858. The SMILES string of the molecule is CCC(CC)(CN)C(=O)Nc1cc(C(F)(F)F)ccc1Cl. The van der Waals surface area contributed by atoms with E-state index < -0.39 is 23.1 Å². The zero-order chi connectivity index (χ0) is 16.3. The van der Waals surface area contributed by atoms with Gasteiger partial charge in [0.25, 0.3) is 0 Å². The monoisotopic (exact) mass is 322 g/mol. The highest BCUT2D eigenvalue weighted by Gasteiger charge is 2.35. The second-order valence-corrected chi connectivity index (χ2v) is 5.25. The van der Waals surface area contributed by atoms with Crippen LogP contribution in [-0.4, -0.2) is 12.5 Å². The number of alkyl halides is 3. The number of anilines is 1. The van der Waals surface area contributed by atoms with Gasteiger partial charge in [0.2, 0.25) is 5.91 Å². The lowest BCUT2D eigenvalue weighted by atomic mass is 9.81. The molecule has 1 aromatic carbocycles. The number of nitrogens with two attached hydrogens (primary N) is 1. The molecule has 0 atom stereocenters. The third-order valence-electron chi connectivity index (χ3n) is 3.77. The molecule has 0 bridgehead atoms. The second-order valence-electron chi connectivity index (χ2n) is 4.84. The van der Waals surface area contributed by atoms with E-state index >= 15 is 0 Å². The molecule has 0 radical (unpaired) electrons. The Hall–Kier alpha value is -1.27. The van der Waals surface area contributed by atoms with Gasteiger partial charge in [0.15, 0.2) is 0 Å². The first-order valence-corrected chi connectivity index (χ1v) is 6.96. The third kappa shape index (κ3) is 3.89. The van der Waals surface area contributed by atoms with E-state index in [0.717, 1.165) is 18.2 Å². The summed E-state index contributed by atoms with van der Waals surface area (Å²) in [5.41, 5.74) is 3.91. The van der Waals surface area contributed by atoms with E-state index in [0.29, 0.717) is 12.8 Å². The Labute approximate surface area is 126 Å².